The van der Waals surface area contributed by atoms with Crippen LogP contribution in [0.2, 0.25) is 0 Å². The van der Waals surface area contributed by atoms with Crippen LogP contribution in [0.15, 0.2) is 29.7 Å². The van der Waals surface area contributed by atoms with Gasteiger partial charge in [-0.2, -0.15) is 4.98 Å². The molecule has 0 radical (unpaired) electrons. The number of anilines is 1. The first-order valence-corrected chi connectivity index (χ1v) is 5.87. The van der Waals surface area contributed by atoms with Crippen LogP contribution in [0.4, 0.5) is 5.82 Å². The summed E-state index contributed by atoms with van der Waals surface area (Å²) < 4.78 is 7.07. The fourth-order valence-electron chi connectivity index (χ4n) is 2.26. The summed E-state index contributed by atoms with van der Waals surface area (Å²) in [4.78, 5) is 15.4. The third-order valence-corrected chi connectivity index (χ3v) is 3.17. The minimum atomic E-state index is -0.434. The topological polar surface area (TPSA) is 90.4 Å². The largest absolute Gasteiger partial charge is 0.394 e. The second kappa shape index (κ2) is 5.32. The Hall–Kier alpha value is -1.66. The van der Waals surface area contributed by atoms with E-state index in [0.717, 1.165) is 6.42 Å². The van der Waals surface area contributed by atoms with Gasteiger partial charge in [0.25, 0.3) is 0 Å². The summed E-state index contributed by atoms with van der Waals surface area (Å²) in [6.07, 6.45) is 4.11. The van der Waals surface area contributed by atoms with E-state index in [1.165, 1.54) is 4.57 Å². The molecule has 0 spiro atoms. The molecule has 0 aromatic carbocycles. The van der Waals surface area contributed by atoms with E-state index in [2.05, 4.69) is 11.6 Å². The number of aromatic nitrogens is 2. The van der Waals surface area contributed by atoms with E-state index in [9.17, 15) is 9.90 Å². The fraction of sp³-hybridized carbons (Fsp3) is 0.500. The number of allylic oxidation sites excluding steroid dienone is 1. The molecule has 0 saturated carbocycles. The number of hydrogen-bond donors (Lipinski definition) is 2. The van der Waals surface area contributed by atoms with Crippen LogP contribution in [0.25, 0.3) is 0 Å². The van der Waals surface area contributed by atoms with Crippen molar-refractivity contribution in [1.29, 1.82) is 0 Å². The lowest BCUT2D eigenvalue weighted by molar-refractivity contribution is -0.0323. The number of nitrogens with zero attached hydrogens (tertiary/aromatic N) is 2. The molecule has 2 rings (SSSR count). The normalized spacial score (nSPS) is 27.3. The van der Waals surface area contributed by atoms with Crippen molar-refractivity contribution < 1.29 is 9.84 Å². The zero-order valence-electron chi connectivity index (χ0n) is 10.0. The second-order valence-corrected chi connectivity index (χ2v) is 4.37. The zero-order valence-corrected chi connectivity index (χ0v) is 10.0. The van der Waals surface area contributed by atoms with Crippen LogP contribution in [-0.2, 0) is 4.74 Å². The second-order valence-electron chi connectivity index (χ2n) is 4.37. The molecule has 1 aromatic heterocycles. The van der Waals surface area contributed by atoms with Gasteiger partial charge >= 0.3 is 5.69 Å². The average molecular weight is 251 g/mol. The lowest BCUT2D eigenvalue weighted by Gasteiger charge is -2.14. The molecule has 98 valence electrons. The number of nitrogen functional groups attached to an aromatic ring is 1. The van der Waals surface area contributed by atoms with Crippen LogP contribution < -0.4 is 11.4 Å². The van der Waals surface area contributed by atoms with Crippen LogP contribution in [0.3, 0.4) is 0 Å². The summed E-state index contributed by atoms with van der Waals surface area (Å²) in [5, 5.41) is 9.26. The minimum Gasteiger partial charge on any atom is -0.394 e. The van der Waals surface area contributed by atoms with Crippen LogP contribution in [0, 0.1) is 5.92 Å². The Morgan fingerprint density at radius 3 is 3.11 bits per heavy atom. The molecule has 6 nitrogen and oxygen atoms in total. The van der Waals surface area contributed by atoms with Gasteiger partial charge in [0.2, 0.25) is 0 Å². The van der Waals surface area contributed by atoms with Crippen molar-refractivity contribution in [3.05, 3.63) is 35.4 Å². The lowest BCUT2D eigenvalue weighted by atomic mass is 9.97. The Bertz CT molecular complexity index is 486. The van der Waals surface area contributed by atoms with Crippen molar-refractivity contribution in [2.75, 3.05) is 12.3 Å². The van der Waals surface area contributed by atoms with E-state index in [1.54, 1.807) is 18.3 Å². The molecule has 0 aliphatic carbocycles. The van der Waals surface area contributed by atoms with Crippen LogP contribution in [-0.4, -0.2) is 27.4 Å². The highest BCUT2D eigenvalue weighted by Gasteiger charge is 2.35. The maximum absolute atomic E-state index is 11.7. The molecule has 1 aliphatic heterocycles. The summed E-state index contributed by atoms with van der Waals surface area (Å²) >= 11 is 0. The maximum Gasteiger partial charge on any atom is 0.351 e. The van der Waals surface area contributed by atoms with E-state index >= 15 is 0 Å². The van der Waals surface area contributed by atoms with Gasteiger partial charge in [-0.1, -0.05) is 6.08 Å². The molecule has 2 heterocycles. The van der Waals surface area contributed by atoms with Crippen molar-refractivity contribution in [2.45, 2.75) is 25.2 Å². The van der Waals surface area contributed by atoms with Gasteiger partial charge in [0.05, 0.1) is 12.7 Å². The molecule has 1 unspecified atom stereocenters. The molecule has 3 N–H and O–H groups in total. The molecular formula is C12H17N3O3. The molecule has 6 heteroatoms. The van der Waals surface area contributed by atoms with E-state index in [0.29, 0.717) is 6.42 Å². The van der Waals surface area contributed by atoms with Crippen molar-refractivity contribution in [1.82, 2.24) is 9.55 Å². The van der Waals surface area contributed by atoms with E-state index < -0.39 is 11.9 Å². The molecule has 1 saturated heterocycles. The zero-order chi connectivity index (χ0) is 13.1. The molecule has 1 aromatic rings. The Kier molecular flexibility index (Phi) is 3.78. The molecule has 1 fully saturated rings. The number of aliphatic hydroxyl groups excluding tert-OH is 1. The van der Waals surface area contributed by atoms with Crippen molar-refractivity contribution in [3.63, 3.8) is 0 Å². The smallest absolute Gasteiger partial charge is 0.351 e. The number of ether oxygens (including phenoxy) is 1. The monoisotopic (exact) mass is 251 g/mol. The molecule has 3 atom stereocenters. The predicted molar refractivity (Wildman–Crippen MR) is 66.8 cm³/mol. The third-order valence-electron chi connectivity index (χ3n) is 3.17. The first kappa shape index (κ1) is 12.8. The predicted octanol–water partition coefficient (Wildman–Crippen LogP) is 0.298. The van der Waals surface area contributed by atoms with Gasteiger partial charge in [-0.05, 0) is 24.8 Å². The van der Waals surface area contributed by atoms with Gasteiger partial charge in [-0.3, -0.25) is 4.57 Å². The maximum atomic E-state index is 11.7. The first-order chi connectivity index (χ1) is 8.65. The van der Waals surface area contributed by atoms with Gasteiger partial charge in [0.15, 0.2) is 0 Å². The molecule has 1 aliphatic rings. The Morgan fingerprint density at radius 1 is 1.72 bits per heavy atom. The van der Waals surface area contributed by atoms with E-state index in [1.807, 2.05) is 0 Å². The van der Waals surface area contributed by atoms with E-state index in [-0.39, 0.29) is 24.4 Å². The fourth-order valence-corrected chi connectivity index (χ4v) is 2.26. The number of aliphatic hydroxyl groups is 1. The van der Waals surface area contributed by atoms with Gasteiger partial charge in [0, 0.05) is 6.20 Å². The van der Waals surface area contributed by atoms with Crippen molar-refractivity contribution in [3.8, 4) is 0 Å². The molecule has 0 bridgehead atoms. The van der Waals surface area contributed by atoms with Crippen LogP contribution in [0.5, 0.6) is 0 Å². The Morgan fingerprint density at radius 2 is 2.50 bits per heavy atom. The molecular weight excluding hydrogens is 234 g/mol. The number of nitrogens with two attached hydrogens (primary N) is 1. The number of rotatable bonds is 4. The summed E-state index contributed by atoms with van der Waals surface area (Å²) in [5.41, 5.74) is 5.00. The number of hydrogen-bond acceptors (Lipinski definition) is 5. The minimum absolute atomic E-state index is 0.0633. The highest BCUT2D eigenvalue weighted by molar-refractivity contribution is 5.23. The summed E-state index contributed by atoms with van der Waals surface area (Å²) in [6.45, 7) is 3.62. The summed E-state index contributed by atoms with van der Waals surface area (Å²) in [7, 11) is 0. The van der Waals surface area contributed by atoms with Crippen LogP contribution >= 0.6 is 0 Å². The van der Waals surface area contributed by atoms with Gasteiger partial charge in [0.1, 0.15) is 12.0 Å². The van der Waals surface area contributed by atoms with Gasteiger partial charge in [-0.15, -0.1) is 6.58 Å². The van der Waals surface area contributed by atoms with Crippen molar-refractivity contribution in [2.24, 2.45) is 5.92 Å². The SMILES string of the molecule is C=CCC1C[C@H](n2ccc(N)nc2=O)O[C@@H]1CO. The Labute approximate surface area is 105 Å². The summed E-state index contributed by atoms with van der Waals surface area (Å²) in [5.74, 6) is 0.359. The van der Waals surface area contributed by atoms with Gasteiger partial charge < -0.3 is 15.6 Å². The first-order valence-electron chi connectivity index (χ1n) is 5.87. The third kappa shape index (κ3) is 2.44. The highest BCUT2D eigenvalue weighted by Crippen LogP contribution is 2.34. The molecule has 0 amide bonds. The quantitative estimate of drug-likeness (QED) is 0.751. The van der Waals surface area contributed by atoms with Gasteiger partial charge in [-0.25, -0.2) is 4.79 Å². The Balaban J connectivity index is 2.20. The average Bonchev–Trinajstić information content (AvgIpc) is 2.72. The van der Waals surface area contributed by atoms with Crippen molar-refractivity contribution >= 4 is 5.82 Å². The summed E-state index contributed by atoms with van der Waals surface area (Å²) in [6, 6.07) is 1.56. The standard InChI is InChI=1S/C12H17N3O3/c1-2-3-8-6-11(18-9(8)7-16)15-5-4-10(13)14-12(15)17/h2,4-5,8-9,11,16H,1,3,6-7H2,(H2,13,14,17)/t8?,9-,11-/m1/s1. The highest BCUT2D eigenvalue weighted by atomic mass is 16.5. The molecule has 18 heavy (non-hydrogen) atoms. The van der Waals surface area contributed by atoms with Crippen LogP contribution in [0.1, 0.15) is 19.1 Å². The van der Waals surface area contributed by atoms with E-state index in [4.69, 9.17) is 10.5 Å². The lowest BCUT2D eigenvalue weighted by Crippen LogP contribution is -2.27.